The molecule has 1 fully saturated rings. The number of hydrogen-bond donors (Lipinski definition) is 1. The molecule has 0 bridgehead atoms. The van der Waals surface area contributed by atoms with Gasteiger partial charge in [0, 0.05) is 26.3 Å². The molecule has 2 heterocycles. The van der Waals surface area contributed by atoms with Gasteiger partial charge in [0.2, 0.25) is 0 Å². The Bertz CT molecular complexity index is 553. The molecule has 1 aromatic rings. The summed E-state index contributed by atoms with van der Waals surface area (Å²) in [6.07, 6.45) is 3.35. The average Bonchev–Trinajstić information content (AvgIpc) is 2.56. The van der Waals surface area contributed by atoms with Crippen LogP contribution in [-0.2, 0) is 16.1 Å². The van der Waals surface area contributed by atoms with E-state index in [9.17, 15) is 4.79 Å². The minimum atomic E-state index is -0.0773. The van der Waals surface area contributed by atoms with E-state index in [1.54, 1.807) is 13.2 Å². The van der Waals surface area contributed by atoms with Gasteiger partial charge in [-0.05, 0) is 32.8 Å². The van der Waals surface area contributed by atoms with Crippen LogP contribution < -0.4 is 5.32 Å². The topological polar surface area (TPSA) is 79.7 Å². The maximum atomic E-state index is 11.8. The predicted octanol–water partition coefficient (Wildman–Crippen LogP) is 1.14. The van der Waals surface area contributed by atoms with Gasteiger partial charge < -0.3 is 15.0 Å². The molecule has 0 saturated carbocycles. The third kappa shape index (κ3) is 4.91. The Balaban J connectivity index is 1.84. The van der Waals surface area contributed by atoms with Crippen molar-refractivity contribution < 1.29 is 9.53 Å². The molecule has 0 amide bonds. The van der Waals surface area contributed by atoms with Crippen LogP contribution >= 0.6 is 0 Å². The van der Waals surface area contributed by atoms with Crippen LogP contribution in [0.5, 0.6) is 0 Å². The van der Waals surface area contributed by atoms with Crippen LogP contribution in [0, 0.1) is 12.8 Å². The highest BCUT2D eigenvalue weighted by Gasteiger charge is 2.27. The molecule has 0 atom stereocenters. The molecule has 126 valence electrons. The van der Waals surface area contributed by atoms with Crippen LogP contribution in [0.2, 0.25) is 0 Å². The molecule has 0 aliphatic carbocycles. The summed E-state index contributed by atoms with van der Waals surface area (Å²) in [6, 6.07) is 1.89. The van der Waals surface area contributed by atoms with Crippen molar-refractivity contribution >= 4 is 11.9 Å². The molecular weight excluding hydrogens is 294 g/mol. The van der Waals surface area contributed by atoms with Gasteiger partial charge in [-0.3, -0.25) is 9.79 Å². The summed E-state index contributed by atoms with van der Waals surface area (Å²) in [6.45, 7) is 6.36. The Morgan fingerprint density at radius 1 is 1.48 bits per heavy atom. The van der Waals surface area contributed by atoms with E-state index in [0.717, 1.165) is 43.4 Å². The molecule has 1 aliphatic heterocycles. The van der Waals surface area contributed by atoms with Gasteiger partial charge in [0.25, 0.3) is 0 Å². The van der Waals surface area contributed by atoms with Gasteiger partial charge in [-0.15, -0.1) is 0 Å². The van der Waals surface area contributed by atoms with Crippen molar-refractivity contribution in [1.82, 2.24) is 20.2 Å². The molecule has 0 aromatic carbocycles. The van der Waals surface area contributed by atoms with Crippen molar-refractivity contribution in [2.75, 3.05) is 26.7 Å². The lowest BCUT2D eigenvalue weighted by Gasteiger charge is -2.33. The number of guanidine groups is 1. The second-order valence-corrected chi connectivity index (χ2v) is 5.51. The summed E-state index contributed by atoms with van der Waals surface area (Å²) in [7, 11) is 1.77. The molecule has 0 spiro atoms. The first-order valence-electron chi connectivity index (χ1n) is 8.04. The minimum Gasteiger partial charge on any atom is -0.466 e. The van der Waals surface area contributed by atoms with Crippen molar-refractivity contribution in [2.45, 2.75) is 33.2 Å². The first-order chi connectivity index (χ1) is 11.1. The van der Waals surface area contributed by atoms with Gasteiger partial charge in [0.1, 0.15) is 5.82 Å². The summed E-state index contributed by atoms with van der Waals surface area (Å²) in [4.78, 5) is 26.7. The van der Waals surface area contributed by atoms with E-state index in [2.05, 4.69) is 25.2 Å². The number of carbonyl (C=O) groups excluding carboxylic acids is 1. The summed E-state index contributed by atoms with van der Waals surface area (Å²) in [5.74, 6) is 1.53. The van der Waals surface area contributed by atoms with E-state index in [4.69, 9.17) is 4.74 Å². The molecule has 0 radical (unpaired) electrons. The minimum absolute atomic E-state index is 0.00817. The highest BCUT2D eigenvalue weighted by molar-refractivity contribution is 5.80. The fourth-order valence-corrected chi connectivity index (χ4v) is 2.69. The first-order valence-corrected chi connectivity index (χ1v) is 8.04. The molecular formula is C16H25N5O2. The standard InChI is InChI=1S/C16H25N5O2/c1-4-23-15(22)13-6-9-21(10-7-13)16(17-3)19-11-14-5-8-18-12(2)20-14/h5,8,13H,4,6-7,9-11H2,1-3H3,(H,17,19). The van der Waals surface area contributed by atoms with Crippen LogP contribution in [0.3, 0.4) is 0 Å². The second kappa shape index (κ2) is 8.45. The maximum absolute atomic E-state index is 11.8. The zero-order chi connectivity index (χ0) is 16.7. The predicted molar refractivity (Wildman–Crippen MR) is 87.9 cm³/mol. The monoisotopic (exact) mass is 319 g/mol. The fraction of sp³-hybridized carbons (Fsp3) is 0.625. The number of carbonyl (C=O) groups is 1. The van der Waals surface area contributed by atoms with Crippen molar-refractivity contribution in [3.63, 3.8) is 0 Å². The van der Waals surface area contributed by atoms with Gasteiger partial charge in [0.15, 0.2) is 5.96 Å². The molecule has 1 saturated heterocycles. The summed E-state index contributed by atoms with van der Waals surface area (Å²) >= 11 is 0. The Morgan fingerprint density at radius 3 is 2.83 bits per heavy atom. The highest BCUT2D eigenvalue weighted by Crippen LogP contribution is 2.18. The molecule has 7 heteroatoms. The summed E-state index contributed by atoms with van der Waals surface area (Å²) in [5, 5.41) is 3.32. The van der Waals surface area contributed by atoms with Crippen molar-refractivity contribution in [2.24, 2.45) is 10.9 Å². The first kappa shape index (κ1) is 17.2. The lowest BCUT2D eigenvalue weighted by Crippen LogP contribution is -2.46. The highest BCUT2D eigenvalue weighted by atomic mass is 16.5. The number of piperidine rings is 1. The smallest absolute Gasteiger partial charge is 0.309 e. The molecule has 1 N–H and O–H groups in total. The summed E-state index contributed by atoms with van der Waals surface area (Å²) < 4.78 is 5.10. The number of nitrogens with zero attached hydrogens (tertiary/aromatic N) is 4. The molecule has 7 nitrogen and oxygen atoms in total. The third-order valence-electron chi connectivity index (χ3n) is 3.89. The van der Waals surface area contributed by atoms with E-state index in [0.29, 0.717) is 13.2 Å². The number of likely N-dealkylation sites (tertiary alicyclic amines) is 1. The average molecular weight is 319 g/mol. The van der Waals surface area contributed by atoms with Crippen molar-refractivity contribution in [3.05, 3.63) is 23.8 Å². The van der Waals surface area contributed by atoms with Crippen molar-refractivity contribution in [3.8, 4) is 0 Å². The van der Waals surface area contributed by atoms with Gasteiger partial charge >= 0.3 is 5.97 Å². The van der Waals surface area contributed by atoms with Crippen LogP contribution in [-0.4, -0.2) is 53.5 Å². The van der Waals surface area contributed by atoms with E-state index in [1.807, 2.05) is 19.9 Å². The zero-order valence-corrected chi connectivity index (χ0v) is 14.1. The maximum Gasteiger partial charge on any atom is 0.309 e. The van der Waals surface area contributed by atoms with Crippen LogP contribution in [0.1, 0.15) is 31.3 Å². The molecule has 2 rings (SSSR count). The Labute approximate surface area is 137 Å². The third-order valence-corrected chi connectivity index (χ3v) is 3.89. The Morgan fingerprint density at radius 2 is 2.22 bits per heavy atom. The van der Waals surface area contributed by atoms with Gasteiger partial charge in [-0.2, -0.15) is 0 Å². The quantitative estimate of drug-likeness (QED) is 0.509. The Kier molecular flexibility index (Phi) is 6.31. The van der Waals surface area contributed by atoms with Crippen LogP contribution in [0.4, 0.5) is 0 Å². The number of nitrogens with one attached hydrogen (secondary N) is 1. The van der Waals surface area contributed by atoms with Crippen molar-refractivity contribution in [1.29, 1.82) is 0 Å². The van der Waals surface area contributed by atoms with Gasteiger partial charge in [-0.25, -0.2) is 9.97 Å². The number of hydrogen-bond acceptors (Lipinski definition) is 5. The zero-order valence-electron chi connectivity index (χ0n) is 14.1. The van der Waals surface area contributed by atoms with Gasteiger partial charge in [0.05, 0.1) is 24.8 Å². The van der Waals surface area contributed by atoms with E-state index in [1.165, 1.54) is 0 Å². The van der Waals surface area contributed by atoms with Gasteiger partial charge in [-0.1, -0.05) is 0 Å². The summed E-state index contributed by atoms with van der Waals surface area (Å²) in [5.41, 5.74) is 0.931. The normalized spacial score (nSPS) is 16.3. The number of aliphatic imine (C=N–C) groups is 1. The van der Waals surface area contributed by atoms with E-state index in [-0.39, 0.29) is 11.9 Å². The molecule has 0 unspecified atom stereocenters. The Hall–Kier alpha value is -2.18. The number of esters is 1. The lowest BCUT2D eigenvalue weighted by molar-refractivity contribution is -0.149. The van der Waals surface area contributed by atoms with Crippen LogP contribution in [0.15, 0.2) is 17.3 Å². The van der Waals surface area contributed by atoms with E-state index < -0.39 is 0 Å². The van der Waals surface area contributed by atoms with E-state index >= 15 is 0 Å². The molecule has 1 aliphatic rings. The lowest BCUT2D eigenvalue weighted by atomic mass is 9.97. The van der Waals surface area contributed by atoms with Crippen LogP contribution in [0.25, 0.3) is 0 Å². The fourth-order valence-electron chi connectivity index (χ4n) is 2.69. The molecule has 23 heavy (non-hydrogen) atoms. The largest absolute Gasteiger partial charge is 0.466 e. The second-order valence-electron chi connectivity index (χ2n) is 5.51. The number of ether oxygens (including phenoxy) is 1. The SMILES string of the molecule is CCOC(=O)C1CCN(C(=NC)NCc2ccnc(C)n2)CC1. The number of rotatable bonds is 4. The number of aryl methyl sites for hydroxylation is 1. The number of aromatic nitrogens is 2. The molecule has 1 aromatic heterocycles.